The summed E-state index contributed by atoms with van der Waals surface area (Å²) in [6, 6.07) is 3.60. The number of pyridine rings is 1. The summed E-state index contributed by atoms with van der Waals surface area (Å²) in [5.41, 5.74) is 2.21. The minimum absolute atomic E-state index is 0.0125. The summed E-state index contributed by atoms with van der Waals surface area (Å²) in [4.78, 5) is 16.3. The van der Waals surface area contributed by atoms with Crippen LogP contribution in [0.2, 0.25) is 0 Å². The monoisotopic (exact) mass is 229 g/mol. The van der Waals surface area contributed by atoms with E-state index in [0.29, 0.717) is 11.3 Å². The van der Waals surface area contributed by atoms with Gasteiger partial charge in [-0.1, -0.05) is 6.92 Å². The van der Waals surface area contributed by atoms with E-state index >= 15 is 0 Å². The van der Waals surface area contributed by atoms with Gasteiger partial charge >= 0.3 is 0 Å². The summed E-state index contributed by atoms with van der Waals surface area (Å²) in [5, 5.41) is 4.16. The lowest BCUT2D eigenvalue weighted by molar-refractivity contribution is 0.102. The maximum Gasteiger partial charge on any atom is 0.212 e. The Morgan fingerprint density at radius 3 is 2.88 bits per heavy atom. The number of aromatic nitrogens is 3. The summed E-state index contributed by atoms with van der Waals surface area (Å²) in [6.45, 7) is 4.73. The third-order valence-electron chi connectivity index (χ3n) is 2.67. The molecule has 0 atom stereocenters. The van der Waals surface area contributed by atoms with Crippen LogP contribution in [0.15, 0.2) is 30.7 Å². The predicted octanol–water partition coefficient (Wildman–Crippen LogP) is 2.23. The second kappa shape index (κ2) is 4.91. The molecule has 0 spiro atoms. The van der Waals surface area contributed by atoms with Crippen LogP contribution in [0.3, 0.4) is 0 Å². The van der Waals surface area contributed by atoms with Gasteiger partial charge in [0.15, 0.2) is 0 Å². The van der Waals surface area contributed by atoms with Crippen molar-refractivity contribution in [1.29, 1.82) is 0 Å². The van der Waals surface area contributed by atoms with Crippen molar-refractivity contribution in [2.45, 2.75) is 26.8 Å². The van der Waals surface area contributed by atoms with Crippen LogP contribution in [-0.2, 0) is 6.54 Å². The van der Waals surface area contributed by atoms with Crippen LogP contribution < -0.4 is 0 Å². The molecule has 0 aromatic carbocycles. The summed E-state index contributed by atoms with van der Waals surface area (Å²) in [6.07, 6.45) is 5.92. The lowest BCUT2D eigenvalue weighted by atomic mass is 10.1. The summed E-state index contributed by atoms with van der Waals surface area (Å²) in [7, 11) is 0. The van der Waals surface area contributed by atoms with Crippen molar-refractivity contribution in [3.63, 3.8) is 0 Å². The van der Waals surface area contributed by atoms with Crippen LogP contribution in [0.1, 0.15) is 35.0 Å². The molecule has 88 valence electrons. The van der Waals surface area contributed by atoms with Gasteiger partial charge in [-0.3, -0.25) is 14.5 Å². The summed E-state index contributed by atoms with van der Waals surface area (Å²) in [5.74, 6) is -0.0125. The molecule has 2 aromatic heterocycles. The number of ketones is 1. The van der Waals surface area contributed by atoms with Gasteiger partial charge in [-0.15, -0.1) is 0 Å². The Hall–Kier alpha value is -1.97. The van der Waals surface area contributed by atoms with Gasteiger partial charge in [0, 0.05) is 30.7 Å². The van der Waals surface area contributed by atoms with Crippen molar-refractivity contribution >= 4 is 5.78 Å². The molecule has 0 aliphatic carbocycles. The number of hydrogen-bond acceptors (Lipinski definition) is 3. The topological polar surface area (TPSA) is 47.8 Å². The van der Waals surface area contributed by atoms with Crippen molar-refractivity contribution < 1.29 is 4.79 Å². The second-order valence-electron chi connectivity index (χ2n) is 3.96. The van der Waals surface area contributed by atoms with E-state index in [1.165, 1.54) is 0 Å². The number of aryl methyl sites for hydroxylation is 2. The minimum atomic E-state index is -0.0125. The van der Waals surface area contributed by atoms with Gasteiger partial charge in [0.25, 0.3) is 0 Å². The molecule has 0 saturated heterocycles. The first-order valence-corrected chi connectivity index (χ1v) is 5.71. The highest BCUT2D eigenvalue weighted by atomic mass is 16.1. The van der Waals surface area contributed by atoms with Crippen LogP contribution >= 0.6 is 0 Å². The third-order valence-corrected chi connectivity index (χ3v) is 2.67. The van der Waals surface area contributed by atoms with Crippen molar-refractivity contribution in [3.05, 3.63) is 47.5 Å². The third kappa shape index (κ3) is 2.25. The predicted molar refractivity (Wildman–Crippen MR) is 64.9 cm³/mol. The van der Waals surface area contributed by atoms with E-state index in [4.69, 9.17) is 0 Å². The quantitative estimate of drug-likeness (QED) is 0.755. The fourth-order valence-electron chi connectivity index (χ4n) is 1.76. The van der Waals surface area contributed by atoms with Crippen LogP contribution in [0.4, 0.5) is 0 Å². The van der Waals surface area contributed by atoms with E-state index in [9.17, 15) is 4.79 Å². The van der Waals surface area contributed by atoms with Gasteiger partial charge in [-0.25, -0.2) is 0 Å². The largest absolute Gasteiger partial charge is 0.287 e. The molecule has 0 radical (unpaired) electrons. The lowest BCUT2D eigenvalue weighted by Crippen LogP contribution is -2.12. The zero-order valence-corrected chi connectivity index (χ0v) is 10.1. The van der Waals surface area contributed by atoms with E-state index in [0.717, 1.165) is 18.5 Å². The first kappa shape index (κ1) is 11.5. The molecular weight excluding hydrogens is 214 g/mol. The standard InChI is InChI=1S/C13H15N3O/c1-3-8-16-12(5-7-15-16)13(17)11-9-14-6-4-10(11)2/h4-7,9H,3,8H2,1-2H3. The van der Waals surface area contributed by atoms with Gasteiger partial charge in [0.2, 0.25) is 5.78 Å². The average molecular weight is 229 g/mol. The molecule has 2 heterocycles. The molecule has 0 aliphatic rings. The fourth-order valence-corrected chi connectivity index (χ4v) is 1.76. The van der Waals surface area contributed by atoms with Crippen LogP contribution in [0, 0.1) is 6.92 Å². The Bertz CT molecular complexity index is 531. The molecular formula is C13H15N3O. The van der Waals surface area contributed by atoms with E-state index in [1.807, 2.05) is 13.0 Å². The van der Waals surface area contributed by atoms with Crippen LogP contribution in [0.25, 0.3) is 0 Å². The minimum Gasteiger partial charge on any atom is -0.287 e. The first-order valence-electron chi connectivity index (χ1n) is 5.71. The maximum absolute atomic E-state index is 12.3. The number of hydrogen-bond donors (Lipinski definition) is 0. The molecule has 2 rings (SSSR count). The Kier molecular flexibility index (Phi) is 3.32. The Labute approximate surface area is 100 Å². The van der Waals surface area contributed by atoms with E-state index in [2.05, 4.69) is 17.0 Å². The van der Waals surface area contributed by atoms with Gasteiger partial charge < -0.3 is 0 Å². The zero-order valence-electron chi connectivity index (χ0n) is 10.1. The van der Waals surface area contributed by atoms with Crippen molar-refractivity contribution in [1.82, 2.24) is 14.8 Å². The van der Waals surface area contributed by atoms with Crippen molar-refractivity contribution in [2.24, 2.45) is 0 Å². The molecule has 0 aliphatic heterocycles. The molecule has 0 saturated carbocycles. The Balaban J connectivity index is 2.37. The highest BCUT2D eigenvalue weighted by Crippen LogP contribution is 2.12. The zero-order chi connectivity index (χ0) is 12.3. The molecule has 2 aromatic rings. The molecule has 0 N–H and O–H groups in total. The van der Waals surface area contributed by atoms with E-state index in [-0.39, 0.29) is 5.78 Å². The second-order valence-corrected chi connectivity index (χ2v) is 3.96. The molecule has 4 heteroatoms. The van der Waals surface area contributed by atoms with Crippen molar-refractivity contribution in [2.75, 3.05) is 0 Å². The maximum atomic E-state index is 12.3. The molecule has 0 amide bonds. The summed E-state index contributed by atoms with van der Waals surface area (Å²) < 4.78 is 1.74. The molecule has 17 heavy (non-hydrogen) atoms. The lowest BCUT2D eigenvalue weighted by Gasteiger charge is -2.06. The van der Waals surface area contributed by atoms with Gasteiger partial charge in [0.05, 0.1) is 0 Å². The van der Waals surface area contributed by atoms with E-state index < -0.39 is 0 Å². The highest BCUT2D eigenvalue weighted by molar-refractivity contribution is 6.08. The van der Waals surface area contributed by atoms with Gasteiger partial charge in [-0.05, 0) is 31.0 Å². The Morgan fingerprint density at radius 1 is 1.35 bits per heavy atom. The fraction of sp³-hybridized carbons (Fsp3) is 0.308. The number of carbonyl (C=O) groups excluding carboxylic acids is 1. The van der Waals surface area contributed by atoms with Crippen molar-refractivity contribution in [3.8, 4) is 0 Å². The smallest absolute Gasteiger partial charge is 0.212 e. The molecule has 0 unspecified atom stereocenters. The van der Waals surface area contributed by atoms with Crippen LogP contribution in [-0.4, -0.2) is 20.5 Å². The number of carbonyl (C=O) groups is 1. The SMILES string of the molecule is CCCn1nccc1C(=O)c1cnccc1C. The number of nitrogens with zero attached hydrogens (tertiary/aromatic N) is 3. The highest BCUT2D eigenvalue weighted by Gasteiger charge is 2.15. The van der Waals surface area contributed by atoms with Gasteiger partial charge in [0.1, 0.15) is 5.69 Å². The van der Waals surface area contributed by atoms with Gasteiger partial charge in [-0.2, -0.15) is 5.10 Å². The molecule has 4 nitrogen and oxygen atoms in total. The average Bonchev–Trinajstić information content (AvgIpc) is 2.78. The normalized spacial score (nSPS) is 10.5. The van der Waals surface area contributed by atoms with Crippen LogP contribution in [0.5, 0.6) is 0 Å². The molecule has 0 fully saturated rings. The van der Waals surface area contributed by atoms with E-state index in [1.54, 1.807) is 29.3 Å². The Morgan fingerprint density at radius 2 is 2.18 bits per heavy atom. The number of rotatable bonds is 4. The summed E-state index contributed by atoms with van der Waals surface area (Å²) >= 11 is 0. The molecule has 0 bridgehead atoms. The first-order chi connectivity index (χ1) is 8.24.